The Morgan fingerprint density at radius 1 is 0.854 bits per heavy atom. The fraction of sp³-hybridized carbons (Fsp3) is 0.618. The molecule has 2 rings (SSSR count). The number of benzene rings is 2. The Hall–Kier alpha value is -2.77. The molecule has 4 atom stereocenters. The summed E-state index contributed by atoms with van der Waals surface area (Å²) in [5.74, 6) is 2.94. The van der Waals surface area contributed by atoms with Gasteiger partial charge in [-0.25, -0.2) is 0 Å². The van der Waals surface area contributed by atoms with Crippen LogP contribution in [0.15, 0.2) is 42.5 Å². The lowest BCUT2D eigenvalue weighted by molar-refractivity contribution is -0.128. The highest BCUT2D eigenvalue weighted by Crippen LogP contribution is 2.32. The Kier molecular flexibility index (Phi) is 15.0. The van der Waals surface area contributed by atoms with Gasteiger partial charge in [0.1, 0.15) is 5.75 Å². The maximum Gasteiger partial charge on any atom is 0.223 e. The van der Waals surface area contributed by atoms with Gasteiger partial charge in [0.25, 0.3) is 0 Å². The average Bonchev–Trinajstić information content (AvgIpc) is 2.95. The molecule has 0 spiro atoms. The van der Waals surface area contributed by atoms with Crippen molar-refractivity contribution in [2.45, 2.75) is 78.9 Å². The highest BCUT2D eigenvalue weighted by molar-refractivity contribution is 5.79. The highest BCUT2D eigenvalue weighted by Gasteiger charge is 2.27. The van der Waals surface area contributed by atoms with Crippen LogP contribution in [0.4, 0.5) is 0 Å². The molecular formula is C34H53NO6. The van der Waals surface area contributed by atoms with Crippen LogP contribution in [0.25, 0.3) is 0 Å². The first-order valence-corrected chi connectivity index (χ1v) is 15.0. The maximum atomic E-state index is 13.2. The Balaban J connectivity index is 1.97. The van der Waals surface area contributed by atoms with Crippen molar-refractivity contribution in [2.75, 3.05) is 34.5 Å². The Labute approximate surface area is 247 Å². The topological polar surface area (TPSA) is 86.2 Å². The minimum absolute atomic E-state index is 0.0148. The van der Waals surface area contributed by atoms with Gasteiger partial charge in [-0.15, -0.1) is 0 Å². The van der Waals surface area contributed by atoms with E-state index in [1.165, 1.54) is 5.56 Å². The van der Waals surface area contributed by atoms with E-state index in [0.717, 1.165) is 42.1 Å². The second-order valence-corrected chi connectivity index (χ2v) is 11.7. The molecule has 0 fully saturated rings. The van der Waals surface area contributed by atoms with E-state index in [9.17, 15) is 9.90 Å². The standard InChI is InChI=1S/C34H53NO6/c1-23(2)28(20-26-10-17-32(40-8)33(21-26)41-19-9-18-38-6)11-14-29(36)22-31(24(3)4)34(37)35-25(5)27-12-15-30(39-7)16-13-27/h10,12-13,15-17,21,23-25,28-29,31,36H,9,11,14,18-20,22H2,1-8H3,(H,35,37)/t25-,28+,29+,31-/m0/s1. The van der Waals surface area contributed by atoms with Crippen LogP contribution < -0.4 is 19.5 Å². The normalized spacial score (nSPS) is 14.4. The number of carbonyl (C=O) groups excluding carboxylic acids is 1. The van der Waals surface area contributed by atoms with Gasteiger partial charge in [0, 0.05) is 26.1 Å². The minimum Gasteiger partial charge on any atom is -0.497 e. The predicted octanol–water partition coefficient (Wildman–Crippen LogP) is 6.61. The lowest BCUT2D eigenvalue weighted by Crippen LogP contribution is -2.37. The van der Waals surface area contributed by atoms with Crippen molar-refractivity contribution in [3.8, 4) is 17.2 Å². The third-order valence-electron chi connectivity index (χ3n) is 7.93. The van der Waals surface area contributed by atoms with Gasteiger partial charge in [0.2, 0.25) is 5.91 Å². The fourth-order valence-electron chi connectivity index (χ4n) is 5.12. The molecule has 230 valence electrons. The van der Waals surface area contributed by atoms with Gasteiger partial charge in [-0.05, 0) is 85.8 Å². The molecule has 7 heteroatoms. The molecule has 41 heavy (non-hydrogen) atoms. The minimum atomic E-state index is -0.541. The van der Waals surface area contributed by atoms with E-state index in [-0.39, 0.29) is 23.8 Å². The maximum absolute atomic E-state index is 13.2. The van der Waals surface area contributed by atoms with Gasteiger partial charge in [0.15, 0.2) is 11.5 Å². The summed E-state index contributed by atoms with van der Waals surface area (Å²) in [5, 5.41) is 14.2. The van der Waals surface area contributed by atoms with E-state index in [1.54, 1.807) is 21.3 Å². The van der Waals surface area contributed by atoms with Crippen molar-refractivity contribution in [3.05, 3.63) is 53.6 Å². The quantitative estimate of drug-likeness (QED) is 0.185. The van der Waals surface area contributed by atoms with Gasteiger partial charge in [-0.2, -0.15) is 0 Å². The van der Waals surface area contributed by atoms with E-state index in [2.05, 4.69) is 31.3 Å². The number of hydrogen-bond donors (Lipinski definition) is 2. The average molecular weight is 572 g/mol. The van der Waals surface area contributed by atoms with E-state index >= 15 is 0 Å². The summed E-state index contributed by atoms with van der Waals surface area (Å²) in [5.41, 5.74) is 2.21. The first-order chi connectivity index (χ1) is 19.6. The van der Waals surface area contributed by atoms with Crippen LogP contribution in [0, 0.1) is 23.7 Å². The molecule has 0 aliphatic heterocycles. The van der Waals surface area contributed by atoms with Crippen LogP contribution in [-0.4, -0.2) is 51.7 Å². The Bertz CT molecular complexity index is 1020. The molecule has 0 aliphatic rings. The number of amides is 1. The van der Waals surface area contributed by atoms with E-state index in [4.69, 9.17) is 18.9 Å². The van der Waals surface area contributed by atoms with Crippen LogP contribution in [0.3, 0.4) is 0 Å². The zero-order chi connectivity index (χ0) is 30.4. The number of carbonyl (C=O) groups is 1. The molecule has 0 aromatic heterocycles. The number of methoxy groups -OCH3 is 3. The number of aliphatic hydroxyl groups excluding tert-OH is 1. The van der Waals surface area contributed by atoms with E-state index in [1.807, 2.05) is 51.1 Å². The number of nitrogens with one attached hydrogen (secondary N) is 1. The van der Waals surface area contributed by atoms with E-state index < -0.39 is 6.10 Å². The van der Waals surface area contributed by atoms with E-state index in [0.29, 0.717) is 37.9 Å². The van der Waals surface area contributed by atoms with Crippen molar-refractivity contribution < 1.29 is 28.8 Å². The van der Waals surface area contributed by atoms with Crippen molar-refractivity contribution in [1.82, 2.24) is 5.32 Å². The molecular weight excluding hydrogens is 518 g/mol. The summed E-state index contributed by atoms with van der Waals surface area (Å²) in [6, 6.07) is 13.7. The summed E-state index contributed by atoms with van der Waals surface area (Å²) in [4.78, 5) is 13.2. The predicted molar refractivity (Wildman–Crippen MR) is 165 cm³/mol. The number of ether oxygens (including phenoxy) is 4. The summed E-state index contributed by atoms with van der Waals surface area (Å²) < 4.78 is 21.8. The van der Waals surface area contributed by atoms with Crippen molar-refractivity contribution in [2.24, 2.45) is 23.7 Å². The molecule has 1 amide bonds. The molecule has 2 aromatic rings. The Morgan fingerprint density at radius 3 is 2.15 bits per heavy atom. The van der Waals surface area contributed by atoms with Gasteiger partial charge in [-0.3, -0.25) is 4.79 Å². The molecule has 0 aliphatic carbocycles. The number of rotatable bonds is 19. The smallest absolute Gasteiger partial charge is 0.223 e. The van der Waals surface area contributed by atoms with Crippen molar-refractivity contribution in [3.63, 3.8) is 0 Å². The largest absolute Gasteiger partial charge is 0.497 e. The van der Waals surface area contributed by atoms with Gasteiger partial charge in [0.05, 0.1) is 33.0 Å². The second kappa shape index (κ2) is 17.9. The zero-order valence-electron chi connectivity index (χ0n) is 26.4. The number of aliphatic hydroxyl groups is 1. The van der Waals surface area contributed by atoms with Crippen molar-refractivity contribution >= 4 is 5.91 Å². The fourth-order valence-corrected chi connectivity index (χ4v) is 5.12. The molecule has 0 unspecified atom stereocenters. The van der Waals surface area contributed by atoms with Crippen LogP contribution in [0.5, 0.6) is 17.2 Å². The van der Waals surface area contributed by atoms with Crippen molar-refractivity contribution in [1.29, 1.82) is 0 Å². The summed E-state index contributed by atoms with van der Waals surface area (Å²) in [6.45, 7) is 11.8. The molecule has 0 heterocycles. The second-order valence-electron chi connectivity index (χ2n) is 11.7. The summed E-state index contributed by atoms with van der Waals surface area (Å²) in [6.07, 6.45) is 3.14. The molecule has 0 saturated heterocycles. The van der Waals surface area contributed by atoms with Crippen LogP contribution >= 0.6 is 0 Å². The summed E-state index contributed by atoms with van der Waals surface area (Å²) >= 11 is 0. The van der Waals surface area contributed by atoms with Crippen LogP contribution in [-0.2, 0) is 16.0 Å². The first-order valence-electron chi connectivity index (χ1n) is 15.0. The summed E-state index contributed by atoms with van der Waals surface area (Å²) in [7, 11) is 4.98. The highest BCUT2D eigenvalue weighted by atomic mass is 16.5. The molecule has 2 aromatic carbocycles. The molecule has 2 N–H and O–H groups in total. The van der Waals surface area contributed by atoms with Gasteiger partial charge in [-0.1, -0.05) is 45.9 Å². The molecule has 0 saturated carbocycles. The Morgan fingerprint density at radius 2 is 1.56 bits per heavy atom. The SMILES string of the molecule is COCCCOc1cc(C[C@@H](CC[C@@H](O)C[C@H](C(=O)N[C@@H](C)c2ccc(OC)cc2)C(C)C)C(C)C)ccc1OC. The third kappa shape index (κ3) is 11.6. The van der Waals surface area contributed by atoms with Crippen LogP contribution in [0.1, 0.15) is 77.5 Å². The first kappa shape index (κ1) is 34.4. The molecule has 7 nitrogen and oxygen atoms in total. The van der Waals surface area contributed by atoms with Crippen LogP contribution in [0.2, 0.25) is 0 Å². The zero-order valence-corrected chi connectivity index (χ0v) is 26.4. The number of hydrogen-bond acceptors (Lipinski definition) is 6. The molecule has 0 radical (unpaired) electrons. The third-order valence-corrected chi connectivity index (χ3v) is 7.93. The molecule has 0 bridgehead atoms. The lowest BCUT2D eigenvalue weighted by Gasteiger charge is -2.27. The monoisotopic (exact) mass is 571 g/mol. The van der Waals surface area contributed by atoms with Gasteiger partial charge < -0.3 is 29.4 Å². The lowest BCUT2D eigenvalue weighted by atomic mass is 9.82. The van der Waals surface area contributed by atoms with Gasteiger partial charge >= 0.3 is 0 Å².